The Kier molecular flexibility index (Phi) is 6.20. The summed E-state index contributed by atoms with van der Waals surface area (Å²) in [4.78, 5) is 18.3. The van der Waals surface area contributed by atoms with Gasteiger partial charge in [-0.15, -0.1) is 0 Å². The lowest BCUT2D eigenvalue weighted by Crippen LogP contribution is -2.59. The highest BCUT2D eigenvalue weighted by atomic mass is 16.9. The van der Waals surface area contributed by atoms with Gasteiger partial charge in [-0.1, -0.05) is 30.3 Å². The summed E-state index contributed by atoms with van der Waals surface area (Å²) < 4.78 is 38.0. The Labute approximate surface area is 221 Å². The molecule has 5 atom stereocenters. The highest BCUT2D eigenvalue weighted by molar-refractivity contribution is 5.82. The fourth-order valence-corrected chi connectivity index (χ4v) is 5.53. The van der Waals surface area contributed by atoms with Crippen LogP contribution < -0.4 is 10.1 Å². The van der Waals surface area contributed by atoms with E-state index in [-0.39, 0.29) is 12.5 Å². The third-order valence-corrected chi connectivity index (χ3v) is 7.09. The van der Waals surface area contributed by atoms with Crippen LogP contribution in [0.25, 0.3) is 11.0 Å². The lowest BCUT2D eigenvalue weighted by molar-refractivity contribution is -0.231. The zero-order valence-electron chi connectivity index (χ0n) is 22.2. The standard InChI is InChI=1S/C28H33N3O7/c1-27(2)35-21-22(36-27)24-26(38-28(3,4)37-24)34-23(21)25(32)29-14-20-30-17-11-7-8-12-18(17)31(20)15-16-10-6-9-13-19(16)33-5/h6-13,21-24,26H,14-15H2,1-5H3,(H,29,32)/t21-,22+,23+,24-,26-/m1/s1. The second-order valence-electron chi connectivity index (χ2n) is 10.7. The van der Waals surface area contributed by atoms with Gasteiger partial charge in [0.25, 0.3) is 5.91 Å². The molecular formula is C28H33N3O7. The van der Waals surface area contributed by atoms with Crippen LogP contribution in [-0.2, 0) is 41.6 Å². The fourth-order valence-electron chi connectivity index (χ4n) is 5.53. The zero-order chi connectivity index (χ0) is 26.7. The van der Waals surface area contributed by atoms with E-state index in [1.54, 1.807) is 7.11 Å². The van der Waals surface area contributed by atoms with E-state index in [2.05, 4.69) is 9.88 Å². The normalized spacial score (nSPS) is 29.1. The van der Waals surface area contributed by atoms with Crippen molar-refractivity contribution < 1.29 is 33.2 Å². The van der Waals surface area contributed by atoms with Crippen molar-refractivity contribution in [3.63, 3.8) is 0 Å². The molecule has 3 saturated heterocycles. The zero-order valence-corrected chi connectivity index (χ0v) is 22.2. The predicted octanol–water partition coefficient (Wildman–Crippen LogP) is 3.11. The van der Waals surface area contributed by atoms with E-state index in [4.69, 9.17) is 33.4 Å². The van der Waals surface area contributed by atoms with Crippen LogP contribution in [0.3, 0.4) is 0 Å². The second kappa shape index (κ2) is 9.32. The number of aromatic nitrogens is 2. The van der Waals surface area contributed by atoms with Crippen LogP contribution in [0.1, 0.15) is 39.1 Å². The molecule has 0 radical (unpaired) electrons. The SMILES string of the molecule is COc1ccccc1Cn1c(CNC(=O)[C@H]2O[C@@H]3OC(C)(C)O[C@@H]3[C@H]3OC(C)(C)O[C@H]32)nc2ccccc21. The first-order chi connectivity index (χ1) is 18.1. The van der Waals surface area contributed by atoms with Crippen molar-refractivity contribution in [3.05, 3.63) is 59.9 Å². The average Bonchev–Trinajstić information content (AvgIpc) is 3.51. The molecule has 1 N–H and O–H groups in total. The number of carbonyl (C=O) groups is 1. The minimum Gasteiger partial charge on any atom is -0.496 e. The first-order valence-electron chi connectivity index (χ1n) is 12.8. The third-order valence-electron chi connectivity index (χ3n) is 7.09. The van der Waals surface area contributed by atoms with Crippen molar-refractivity contribution in [2.24, 2.45) is 0 Å². The molecule has 1 aromatic heterocycles. The number of para-hydroxylation sites is 3. The molecule has 4 heterocycles. The molecule has 38 heavy (non-hydrogen) atoms. The number of nitrogens with one attached hydrogen (secondary N) is 1. The van der Waals surface area contributed by atoms with Gasteiger partial charge in [-0.3, -0.25) is 4.79 Å². The van der Waals surface area contributed by atoms with Gasteiger partial charge in [0, 0.05) is 5.56 Å². The van der Waals surface area contributed by atoms with Crippen LogP contribution in [-0.4, -0.2) is 64.8 Å². The quantitative estimate of drug-likeness (QED) is 0.526. The number of methoxy groups -OCH3 is 1. The van der Waals surface area contributed by atoms with Gasteiger partial charge in [-0.25, -0.2) is 4.98 Å². The van der Waals surface area contributed by atoms with Gasteiger partial charge in [-0.05, 0) is 45.9 Å². The molecule has 0 saturated carbocycles. The maximum atomic E-state index is 13.5. The first kappa shape index (κ1) is 25.3. The van der Waals surface area contributed by atoms with Crippen molar-refractivity contribution in [1.29, 1.82) is 0 Å². The van der Waals surface area contributed by atoms with Crippen LogP contribution in [0.2, 0.25) is 0 Å². The van der Waals surface area contributed by atoms with Gasteiger partial charge in [0.05, 0.1) is 31.2 Å². The number of hydrogen-bond donors (Lipinski definition) is 1. The predicted molar refractivity (Wildman–Crippen MR) is 136 cm³/mol. The highest BCUT2D eigenvalue weighted by Crippen LogP contribution is 2.44. The summed E-state index contributed by atoms with van der Waals surface area (Å²) in [5.74, 6) is -0.570. The topological polar surface area (TPSA) is 102 Å². The summed E-state index contributed by atoms with van der Waals surface area (Å²) in [6, 6.07) is 15.8. The number of rotatable bonds is 6. The lowest BCUT2D eigenvalue weighted by atomic mass is 9.98. The molecular weight excluding hydrogens is 490 g/mol. The Morgan fingerprint density at radius 1 is 0.947 bits per heavy atom. The van der Waals surface area contributed by atoms with E-state index >= 15 is 0 Å². The van der Waals surface area contributed by atoms with Crippen LogP contribution in [0.4, 0.5) is 0 Å². The van der Waals surface area contributed by atoms with Gasteiger partial charge in [0.15, 0.2) is 24.0 Å². The number of hydrogen-bond acceptors (Lipinski definition) is 8. The number of fused-ring (bicyclic) bond motifs is 4. The molecule has 0 spiro atoms. The monoisotopic (exact) mass is 523 g/mol. The molecule has 3 aromatic rings. The maximum Gasteiger partial charge on any atom is 0.252 e. The summed E-state index contributed by atoms with van der Waals surface area (Å²) in [5, 5.41) is 3.01. The minimum atomic E-state index is -0.937. The average molecular weight is 524 g/mol. The summed E-state index contributed by atoms with van der Waals surface area (Å²) in [6.07, 6.45) is -3.32. The number of imidazole rings is 1. The number of ether oxygens (including phenoxy) is 6. The van der Waals surface area contributed by atoms with Gasteiger partial charge in [-0.2, -0.15) is 0 Å². The molecule has 10 heteroatoms. The molecule has 3 fully saturated rings. The van der Waals surface area contributed by atoms with Gasteiger partial charge < -0.3 is 38.3 Å². The molecule has 3 aliphatic rings. The van der Waals surface area contributed by atoms with E-state index in [1.807, 2.05) is 76.2 Å². The summed E-state index contributed by atoms with van der Waals surface area (Å²) in [6.45, 7) is 7.99. The van der Waals surface area contributed by atoms with Crippen LogP contribution in [0.5, 0.6) is 5.75 Å². The van der Waals surface area contributed by atoms with E-state index in [0.29, 0.717) is 12.4 Å². The third kappa shape index (κ3) is 4.56. The molecule has 202 valence electrons. The van der Waals surface area contributed by atoms with E-state index in [1.165, 1.54) is 0 Å². The largest absolute Gasteiger partial charge is 0.496 e. The van der Waals surface area contributed by atoms with Gasteiger partial charge in [0.1, 0.15) is 29.9 Å². The number of amides is 1. The van der Waals surface area contributed by atoms with Gasteiger partial charge >= 0.3 is 0 Å². The van der Waals surface area contributed by atoms with E-state index < -0.39 is 42.3 Å². The molecule has 1 amide bonds. The van der Waals surface area contributed by atoms with Gasteiger partial charge in [0.2, 0.25) is 0 Å². The number of carbonyl (C=O) groups excluding carboxylic acids is 1. The molecule has 0 unspecified atom stereocenters. The molecule has 0 bridgehead atoms. The first-order valence-corrected chi connectivity index (χ1v) is 12.8. The van der Waals surface area contributed by atoms with Crippen molar-refractivity contribution in [2.45, 2.75) is 83.1 Å². The molecule has 3 aliphatic heterocycles. The molecule has 0 aliphatic carbocycles. The Morgan fingerprint density at radius 3 is 2.45 bits per heavy atom. The van der Waals surface area contributed by atoms with Crippen LogP contribution in [0, 0.1) is 0 Å². The Morgan fingerprint density at radius 2 is 1.63 bits per heavy atom. The number of benzene rings is 2. The molecule has 10 nitrogen and oxygen atoms in total. The molecule has 2 aromatic carbocycles. The van der Waals surface area contributed by atoms with Crippen molar-refractivity contribution in [3.8, 4) is 5.75 Å². The number of nitrogens with zero attached hydrogens (tertiary/aromatic N) is 2. The van der Waals surface area contributed by atoms with Crippen LogP contribution in [0.15, 0.2) is 48.5 Å². The maximum absolute atomic E-state index is 13.5. The minimum absolute atomic E-state index is 0.196. The Bertz CT molecular complexity index is 1350. The summed E-state index contributed by atoms with van der Waals surface area (Å²) in [7, 11) is 1.66. The Balaban J connectivity index is 1.25. The smallest absolute Gasteiger partial charge is 0.252 e. The second-order valence-corrected chi connectivity index (χ2v) is 10.7. The fraction of sp³-hybridized carbons (Fsp3) is 0.500. The Hall–Kier alpha value is -3.02. The van der Waals surface area contributed by atoms with Crippen molar-refractivity contribution in [1.82, 2.24) is 14.9 Å². The lowest BCUT2D eigenvalue weighted by Gasteiger charge is -2.36. The van der Waals surface area contributed by atoms with E-state index in [0.717, 1.165) is 22.3 Å². The summed E-state index contributed by atoms with van der Waals surface area (Å²) in [5.41, 5.74) is 2.82. The molecule has 6 rings (SSSR count). The van der Waals surface area contributed by atoms with Crippen molar-refractivity contribution >= 4 is 16.9 Å². The van der Waals surface area contributed by atoms with Crippen LogP contribution >= 0.6 is 0 Å². The van der Waals surface area contributed by atoms with E-state index in [9.17, 15) is 4.79 Å². The highest BCUT2D eigenvalue weighted by Gasteiger charge is 2.62. The van der Waals surface area contributed by atoms with Crippen molar-refractivity contribution in [2.75, 3.05) is 7.11 Å². The summed E-state index contributed by atoms with van der Waals surface area (Å²) >= 11 is 0.